The first-order chi connectivity index (χ1) is 19.6. The fourth-order valence-electron chi connectivity index (χ4n) is 5.88. The van der Waals surface area contributed by atoms with Crippen molar-refractivity contribution in [3.05, 3.63) is 23.8 Å². The van der Waals surface area contributed by atoms with Gasteiger partial charge in [-0.3, -0.25) is 4.79 Å². The molecule has 41 heavy (non-hydrogen) atoms. The minimum Gasteiger partial charge on any atom is -0.493 e. The fraction of sp³-hybridized carbons (Fsp3) is 0.758. The van der Waals surface area contributed by atoms with Crippen LogP contribution in [0.4, 0.5) is 0 Å². The Kier molecular flexibility index (Phi) is 15.0. The number of hydrogen-bond donors (Lipinski definition) is 2. The van der Waals surface area contributed by atoms with Crippen molar-refractivity contribution in [3.63, 3.8) is 0 Å². The number of hydrogen-bond acceptors (Lipinski definition) is 7. The Hall–Kier alpha value is -2.32. The minimum atomic E-state index is -0.949. The summed E-state index contributed by atoms with van der Waals surface area (Å²) in [7, 11) is 4.70. The van der Waals surface area contributed by atoms with Crippen molar-refractivity contribution in [2.24, 2.45) is 23.7 Å². The average Bonchev–Trinajstić information content (AvgIpc) is 2.95. The van der Waals surface area contributed by atoms with Gasteiger partial charge < -0.3 is 29.4 Å². The van der Waals surface area contributed by atoms with Crippen LogP contribution in [0.5, 0.6) is 11.5 Å². The number of benzene rings is 1. The number of methoxy groups -OCH3 is 3. The van der Waals surface area contributed by atoms with E-state index >= 15 is 0 Å². The molecule has 1 aromatic carbocycles. The van der Waals surface area contributed by atoms with E-state index in [4.69, 9.17) is 18.9 Å². The van der Waals surface area contributed by atoms with E-state index in [1.165, 1.54) is 12.7 Å². The summed E-state index contributed by atoms with van der Waals surface area (Å²) in [5.41, 5.74) is 0.219. The van der Waals surface area contributed by atoms with Gasteiger partial charge in [-0.2, -0.15) is 0 Å². The second-order valence-corrected chi connectivity index (χ2v) is 12.3. The molecule has 2 rings (SSSR count). The van der Waals surface area contributed by atoms with Crippen molar-refractivity contribution in [2.75, 3.05) is 34.5 Å². The molecule has 1 aliphatic carbocycles. The van der Waals surface area contributed by atoms with Gasteiger partial charge in [0.2, 0.25) is 5.91 Å². The van der Waals surface area contributed by atoms with E-state index in [1.54, 1.807) is 14.2 Å². The molecule has 1 aromatic rings. The van der Waals surface area contributed by atoms with Crippen molar-refractivity contribution >= 4 is 11.9 Å². The van der Waals surface area contributed by atoms with Gasteiger partial charge in [-0.1, -0.05) is 53.0 Å². The molecule has 0 saturated heterocycles. The summed E-state index contributed by atoms with van der Waals surface area (Å²) in [6, 6.07) is 6.08. The molecule has 1 saturated carbocycles. The zero-order chi connectivity index (χ0) is 30.4. The van der Waals surface area contributed by atoms with Crippen LogP contribution in [0.15, 0.2) is 18.2 Å². The predicted octanol–water partition coefficient (Wildman–Crippen LogP) is 5.72. The molecule has 8 heteroatoms. The highest BCUT2D eigenvalue weighted by atomic mass is 16.5. The summed E-state index contributed by atoms with van der Waals surface area (Å²) in [5, 5.41) is 14.1. The van der Waals surface area contributed by atoms with E-state index in [1.807, 2.05) is 19.9 Å². The van der Waals surface area contributed by atoms with Crippen LogP contribution in [0.25, 0.3) is 0 Å². The van der Waals surface area contributed by atoms with Gasteiger partial charge in [0.1, 0.15) is 5.54 Å². The number of carbonyl (C=O) groups excluding carboxylic acids is 2. The summed E-state index contributed by atoms with van der Waals surface area (Å²) in [5.74, 6) is 1.34. The number of nitrogens with one attached hydrogen (secondary N) is 1. The Labute approximate surface area is 247 Å². The van der Waals surface area contributed by atoms with Crippen LogP contribution in [0.1, 0.15) is 91.0 Å². The number of amides is 1. The first-order valence-corrected chi connectivity index (χ1v) is 15.4. The first kappa shape index (κ1) is 34.9. The molecule has 1 fully saturated rings. The van der Waals surface area contributed by atoms with Crippen molar-refractivity contribution < 1.29 is 33.6 Å². The van der Waals surface area contributed by atoms with Crippen LogP contribution in [-0.4, -0.2) is 63.2 Å². The van der Waals surface area contributed by atoms with Crippen LogP contribution in [0.3, 0.4) is 0 Å². The van der Waals surface area contributed by atoms with Gasteiger partial charge >= 0.3 is 5.97 Å². The Morgan fingerprint density at radius 1 is 0.951 bits per heavy atom. The average molecular weight is 578 g/mol. The maximum absolute atomic E-state index is 13.4. The van der Waals surface area contributed by atoms with E-state index < -0.39 is 11.6 Å². The van der Waals surface area contributed by atoms with Crippen molar-refractivity contribution in [2.45, 2.75) is 104 Å². The van der Waals surface area contributed by atoms with E-state index in [9.17, 15) is 14.7 Å². The van der Waals surface area contributed by atoms with Crippen LogP contribution >= 0.6 is 0 Å². The second-order valence-electron chi connectivity index (χ2n) is 12.3. The Morgan fingerprint density at radius 3 is 2.24 bits per heavy atom. The van der Waals surface area contributed by atoms with Gasteiger partial charge in [0, 0.05) is 26.1 Å². The standard InChI is InChI=1S/C33H55NO7/c1-23(2)26(20-25-12-15-29(39-6)30(21-25)41-19-11-18-38-5)13-14-27(35)22-28(24(3)4)31(36)34-33(32(37)40-7)16-9-8-10-17-33/h12,15,21,23-24,26-28,35H,8-11,13-14,16-20,22H2,1-7H3,(H,34,36)/t26?,27-,28?/m1/s1. The van der Waals surface area contributed by atoms with Crippen molar-refractivity contribution in [1.29, 1.82) is 0 Å². The Balaban J connectivity index is 2.01. The molecule has 8 nitrogen and oxygen atoms in total. The smallest absolute Gasteiger partial charge is 0.331 e. The molecule has 234 valence electrons. The summed E-state index contributed by atoms with van der Waals surface area (Å²) in [4.78, 5) is 26.1. The third kappa shape index (κ3) is 10.8. The summed E-state index contributed by atoms with van der Waals surface area (Å²) >= 11 is 0. The largest absolute Gasteiger partial charge is 0.493 e. The van der Waals surface area contributed by atoms with Crippen LogP contribution < -0.4 is 14.8 Å². The molecule has 0 radical (unpaired) electrons. The summed E-state index contributed by atoms with van der Waals surface area (Å²) < 4.78 is 21.7. The number of carbonyl (C=O) groups is 2. The van der Waals surface area contributed by atoms with Crippen LogP contribution in [0.2, 0.25) is 0 Å². The van der Waals surface area contributed by atoms with Crippen LogP contribution in [0, 0.1) is 23.7 Å². The van der Waals surface area contributed by atoms with Crippen molar-refractivity contribution in [3.8, 4) is 11.5 Å². The lowest BCUT2D eigenvalue weighted by molar-refractivity contribution is -0.153. The first-order valence-electron chi connectivity index (χ1n) is 15.4. The van der Waals surface area contributed by atoms with Gasteiger partial charge in [0.25, 0.3) is 0 Å². The molecule has 0 heterocycles. The second kappa shape index (κ2) is 17.6. The van der Waals surface area contributed by atoms with E-state index in [-0.39, 0.29) is 23.7 Å². The molecular formula is C33H55NO7. The van der Waals surface area contributed by atoms with E-state index in [0.717, 1.165) is 44.3 Å². The molecule has 0 aromatic heterocycles. The Morgan fingerprint density at radius 2 is 1.66 bits per heavy atom. The van der Waals surface area contributed by atoms with Gasteiger partial charge in [-0.15, -0.1) is 0 Å². The summed E-state index contributed by atoms with van der Waals surface area (Å²) in [6.07, 6.45) is 6.89. The normalized spacial score (nSPS) is 17.1. The molecule has 2 N–H and O–H groups in total. The molecular weight excluding hydrogens is 522 g/mol. The lowest BCUT2D eigenvalue weighted by Crippen LogP contribution is -2.58. The maximum atomic E-state index is 13.4. The van der Waals surface area contributed by atoms with Gasteiger partial charge in [-0.05, 0) is 74.0 Å². The topological polar surface area (TPSA) is 103 Å². The quantitative estimate of drug-likeness (QED) is 0.170. The summed E-state index contributed by atoms with van der Waals surface area (Å²) in [6.45, 7) is 9.62. The monoisotopic (exact) mass is 577 g/mol. The minimum absolute atomic E-state index is 0.0328. The van der Waals surface area contributed by atoms with Gasteiger partial charge in [-0.25, -0.2) is 4.79 Å². The molecule has 0 bridgehead atoms. The number of rotatable bonds is 18. The van der Waals surface area contributed by atoms with Gasteiger partial charge in [0.05, 0.1) is 26.9 Å². The number of ether oxygens (including phenoxy) is 4. The van der Waals surface area contributed by atoms with Gasteiger partial charge in [0.15, 0.2) is 11.5 Å². The van der Waals surface area contributed by atoms with E-state index in [0.29, 0.717) is 56.5 Å². The third-order valence-electron chi connectivity index (χ3n) is 8.60. The predicted molar refractivity (Wildman–Crippen MR) is 161 cm³/mol. The zero-order valence-corrected chi connectivity index (χ0v) is 26.5. The molecule has 2 unspecified atom stereocenters. The highest BCUT2D eigenvalue weighted by Crippen LogP contribution is 2.33. The lowest BCUT2D eigenvalue weighted by Gasteiger charge is -2.37. The highest BCUT2D eigenvalue weighted by Gasteiger charge is 2.43. The fourth-order valence-corrected chi connectivity index (χ4v) is 5.88. The zero-order valence-electron chi connectivity index (χ0n) is 26.5. The van der Waals surface area contributed by atoms with E-state index in [2.05, 4.69) is 31.3 Å². The lowest BCUT2D eigenvalue weighted by atomic mass is 9.79. The highest BCUT2D eigenvalue weighted by molar-refractivity contribution is 5.89. The number of aliphatic hydroxyl groups is 1. The molecule has 0 spiro atoms. The molecule has 3 atom stereocenters. The maximum Gasteiger partial charge on any atom is 0.331 e. The Bertz CT molecular complexity index is 926. The number of aliphatic hydroxyl groups excluding tert-OH is 1. The molecule has 0 aliphatic heterocycles. The SMILES string of the molecule is COCCCOc1cc(CC(CC[C@@H](O)CC(C(=O)NC2(C(=O)OC)CCCCC2)C(C)C)C(C)C)ccc1OC. The van der Waals surface area contributed by atoms with Crippen LogP contribution in [-0.2, 0) is 25.5 Å². The molecule has 1 aliphatic rings. The third-order valence-corrected chi connectivity index (χ3v) is 8.60. The molecule has 1 amide bonds. The van der Waals surface area contributed by atoms with Crippen molar-refractivity contribution in [1.82, 2.24) is 5.32 Å². The number of esters is 1.